The van der Waals surface area contributed by atoms with Gasteiger partial charge in [0.15, 0.2) is 0 Å². The number of furan rings is 1. The van der Waals surface area contributed by atoms with E-state index in [4.69, 9.17) is 4.42 Å². The molecule has 3 nitrogen and oxygen atoms in total. The molecule has 2 heterocycles. The van der Waals surface area contributed by atoms with Gasteiger partial charge in [-0.05, 0) is 31.9 Å². The summed E-state index contributed by atoms with van der Waals surface area (Å²) >= 11 is 0. The normalized spacial score (nSPS) is 19.9. The lowest BCUT2D eigenvalue weighted by Crippen LogP contribution is -2.44. The van der Waals surface area contributed by atoms with E-state index in [-0.39, 0.29) is 0 Å². The fraction of sp³-hybridized carbons (Fsp3) is 0.692. The molecule has 3 heteroatoms. The molecule has 1 aromatic heterocycles. The van der Waals surface area contributed by atoms with Crippen LogP contribution in [0.1, 0.15) is 36.5 Å². The number of rotatable bonds is 3. The first-order valence-corrected chi connectivity index (χ1v) is 6.24. The van der Waals surface area contributed by atoms with Crippen molar-refractivity contribution in [1.82, 2.24) is 10.2 Å². The minimum Gasteiger partial charge on any atom is -0.464 e. The number of nitrogens with zero attached hydrogens (tertiary/aromatic N) is 1. The van der Waals surface area contributed by atoms with Gasteiger partial charge in [0.2, 0.25) is 0 Å². The molecular weight excluding hydrogens is 200 g/mol. The molecule has 1 saturated heterocycles. The standard InChI is InChI=1S/C13H22N2O/c1-4-12(15-7-5-14-6-8-15)13-9-10(2)11(3)16-13/h9,12,14H,4-8H2,1-3H3/t12-/m1/s1. The Balaban J connectivity index is 2.14. The summed E-state index contributed by atoms with van der Waals surface area (Å²) in [5, 5.41) is 3.39. The van der Waals surface area contributed by atoms with Gasteiger partial charge in [-0.2, -0.15) is 0 Å². The van der Waals surface area contributed by atoms with Crippen LogP contribution in [-0.2, 0) is 0 Å². The Hall–Kier alpha value is -0.800. The molecule has 1 aliphatic rings. The molecule has 0 spiro atoms. The summed E-state index contributed by atoms with van der Waals surface area (Å²) in [4.78, 5) is 2.52. The van der Waals surface area contributed by atoms with Crippen molar-refractivity contribution in [1.29, 1.82) is 0 Å². The first kappa shape index (κ1) is 11.7. The minimum atomic E-state index is 0.453. The highest BCUT2D eigenvalue weighted by Gasteiger charge is 2.23. The lowest BCUT2D eigenvalue weighted by molar-refractivity contribution is 0.149. The zero-order chi connectivity index (χ0) is 11.5. The average molecular weight is 222 g/mol. The van der Waals surface area contributed by atoms with E-state index >= 15 is 0 Å². The van der Waals surface area contributed by atoms with Gasteiger partial charge < -0.3 is 9.73 Å². The van der Waals surface area contributed by atoms with Crippen molar-refractivity contribution in [3.8, 4) is 0 Å². The lowest BCUT2D eigenvalue weighted by Gasteiger charge is -2.33. The van der Waals surface area contributed by atoms with Crippen LogP contribution in [0.25, 0.3) is 0 Å². The quantitative estimate of drug-likeness (QED) is 0.850. The van der Waals surface area contributed by atoms with Crippen LogP contribution < -0.4 is 5.32 Å². The Morgan fingerprint density at radius 2 is 2.06 bits per heavy atom. The van der Waals surface area contributed by atoms with Crippen molar-refractivity contribution in [3.05, 3.63) is 23.2 Å². The van der Waals surface area contributed by atoms with Crippen LogP contribution in [0.5, 0.6) is 0 Å². The van der Waals surface area contributed by atoms with Gasteiger partial charge in [-0.3, -0.25) is 4.90 Å². The van der Waals surface area contributed by atoms with E-state index < -0.39 is 0 Å². The maximum absolute atomic E-state index is 5.86. The molecule has 0 radical (unpaired) electrons. The SMILES string of the molecule is CC[C@H](c1cc(C)c(C)o1)N1CCNCC1. The number of hydrogen-bond acceptors (Lipinski definition) is 3. The van der Waals surface area contributed by atoms with Gasteiger partial charge in [0.1, 0.15) is 11.5 Å². The summed E-state index contributed by atoms with van der Waals surface area (Å²) in [5.41, 5.74) is 1.27. The summed E-state index contributed by atoms with van der Waals surface area (Å²) in [5.74, 6) is 2.20. The van der Waals surface area contributed by atoms with Gasteiger partial charge in [0, 0.05) is 26.2 Å². The topological polar surface area (TPSA) is 28.4 Å². The molecule has 1 N–H and O–H groups in total. The van der Waals surface area contributed by atoms with E-state index in [0.29, 0.717) is 6.04 Å². The number of aryl methyl sites for hydroxylation is 2. The Kier molecular flexibility index (Phi) is 3.66. The van der Waals surface area contributed by atoms with Crippen molar-refractivity contribution < 1.29 is 4.42 Å². The second-order valence-corrected chi connectivity index (χ2v) is 4.60. The molecule has 2 rings (SSSR count). The molecule has 1 aliphatic heterocycles. The fourth-order valence-electron chi connectivity index (χ4n) is 2.40. The van der Waals surface area contributed by atoms with E-state index in [2.05, 4.69) is 30.1 Å². The molecule has 1 aromatic rings. The molecular formula is C13H22N2O. The van der Waals surface area contributed by atoms with Crippen LogP contribution in [-0.4, -0.2) is 31.1 Å². The van der Waals surface area contributed by atoms with E-state index in [9.17, 15) is 0 Å². The smallest absolute Gasteiger partial charge is 0.121 e. The predicted octanol–water partition coefficient (Wildman–Crippen LogP) is 2.25. The summed E-state index contributed by atoms with van der Waals surface area (Å²) in [6, 6.07) is 2.65. The van der Waals surface area contributed by atoms with Crippen LogP contribution in [0.2, 0.25) is 0 Å². The number of piperazine rings is 1. The van der Waals surface area contributed by atoms with Crippen molar-refractivity contribution in [2.45, 2.75) is 33.2 Å². The van der Waals surface area contributed by atoms with Crippen molar-refractivity contribution in [3.63, 3.8) is 0 Å². The Morgan fingerprint density at radius 1 is 1.38 bits per heavy atom. The average Bonchev–Trinajstić information content (AvgIpc) is 2.61. The van der Waals surface area contributed by atoms with E-state index in [0.717, 1.165) is 44.1 Å². The van der Waals surface area contributed by atoms with Gasteiger partial charge in [0.05, 0.1) is 6.04 Å². The Labute approximate surface area is 97.8 Å². The third-order valence-corrected chi connectivity index (χ3v) is 3.49. The monoisotopic (exact) mass is 222 g/mol. The van der Waals surface area contributed by atoms with Gasteiger partial charge >= 0.3 is 0 Å². The van der Waals surface area contributed by atoms with Crippen molar-refractivity contribution >= 4 is 0 Å². The summed E-state index contributed by atoms with van der Waals surface area (Å²) in [7, 11) is 0. The molecule has 1 fully saturated rings. The first-order valence-electron chi connectivity index (χ1n) is 6.24. The lowest BCUT2D eigenvalue weighted by atomic mass is 10.1. The molecule has 90 valence electrons. The number of hydrogen-bond donors (Lipinski definition) is 1. The maximum Gasteiger partial charge on any atom is 0.121 e. The highest BCUT2D eigenvalue weighted by Crippen LogP contribution is 2.27. The Morgan fingerprint density at radius 3 is 2.56 bits per heavy atom. The minimum absolute atomic E-state index is 0.453. The highest BCUT2D eigenvalue weighted by atomic mass is 16.3. The number of nitrogens with one attached hydrogen (secondary N) is 1. The first-order chi connectivity index (χ1) is 7.72. The maximum atomic E-state index is 5.86. The molecule has 0 saturated carbocycles. The van der Waals surface area contributed by atoms with Crippen LogP contribution in [0.15, 0.2) is 10.5 Å². The van der Waals surface area contributed by atoms with Gasteiger partial charge in [-0.1, -0.05) is 6.92 Å². The van der Waals surface area contributed by atoms with E-state index in [1.54, 1.807) is 0 Å². The van der Waals surface area contributed by atoms with E-state index in [1.807, 2.05) is 6.92 Å². The predicted molar refractivity (Wildman–Crippen MR) is 65.7 cm³/mol. The van der Waals surface area contributed by atoms with Crippen LogP contribution >= 0.6 is 0 Å². The third kappa shape index (κ3) is 2.30. The van der Waals surface area contributed by atoms with Gasteiger partial charge in [-0.15, -0.1) is 0 Å². The van der Waals surface area contributed by atoms with Gasteiger partial charge in [-0.25, -0.2) is 0 Å². The molecule has 0 bridgehead atoms. The molecule has 0 amide bonds. The van der Waals surface area contributed by atoms with Crippen molar-refractivity contribution in [2.24, 2.45) is 0 Å². The molecule has 0 unspecified atom stereocenters. The molecule has 1 atom stereocenters. The van der Waals surface area contributed by atoms with Crippen LogP contribution in [0.3, 0.4) is 0 Å². The van der Waals surface area contributed by atoms with Gasteiger partial charge in [0.25, 0.3) is 0 Å². The van der Waals surface area contributed by atoms with Crippen LogP contribution in [0.4, 0.5) is 0 Å². The van der Waals surface area contributed by atoms with E-state index in [1.165, 1.54) is 5.56 Å². The second-order valence-electron chi connectivity index (χ2n) is 4.60. The summed E-state index contributed by atoms with van der Waals surface area (Å²) in [6.07, 6.45) is 1.12. The van der Waals surface area contributed by atoms with Crippen LogP contribution in [0, 0.1) is 13.8 Å². The molecule has 0 aliphatic carbocycles. The molecule has 16 heavy (non-hydrogen) atoms. The zero-order valence-corrected chi connectivity index (χ0v) is 10.5. The Bertz CT molecular complexity index is 320. The second kappa shape index (κ2) is 5.02. The fourth-order valence-corrected chi connectivity index (χ4v) is 2.40. The molecule has 0 aromatic carbocycles. The highest BCUT2D eigenvalue weighted by molar-refractivity contribution is 5.21. The summed E-state index contributed by atoms with van der Waals surface area (Å²) < 4.78 is 5.86. The van der Waals surface area contributed by atoms with Crippen molar-refractivity contribution in [2.75, 3.05) is 26.2 Å². The summed E-state index contributed by atoms with van der Waals surface area (Å²) in [6.45, 7) is 10.8. The third-order valence-electron chi connectivity index (χ3n) is 3.49. The largest absolute Gasteiger partial charge is 0.464 e. The zero-order valence-electron chi connectivity index (χ0n) is 10.5.